The highest BCUT2D eigenvalue weighted by Crippen LogP contribution is 2.29. The summed E-state index contributed by atoms with van der Waals surface area (Å²) in [4.78, 5) is 29.2. The predicted molar refractivity (Wildman–Crippen MR) is 76.8 cm³/mol. The minimum Gasteiger partial charge on any atom is -0.480 e. The lowest BCUT2D eigenvalue weighted by Gasteiger charge is -2.26. The fourth-order valence-corrected chi connectivity index (χ4v) is 3.06. The minimum absolute atomic E-state index is 0.0457. The number of aliphatic carboxylic acids is 1. The van der Waals surface area contributed by atoms with E-state index in [1.165, 1.54) is 0 Å². The third kappa shape index (κ3) is 3.79. The van der Waals surface area contributed by atoms with E-state index in [0.717, 1.165) is 36.4 Å². The van der Waals surface area contributed by atoms with Gasteiger partial charge in [0, 0.05) is 23.5 Å². The largest absolute Gasteiger partial charge is 0.480 e. The van der Waals surface area contributed by atoms with Crippen molar-refractivity contribution >= 4 is 23.2 Å². The van der Waals surface area contributed by atoms with Gasteiger partial charge in [-0.1, -0.05) is 0 Å². The van der Waals surface area contributed by atoms with Crippen LogP contribution in [0.15, 0.2) is 5.38 Å². The van der Waals surface area contributed by atoms with E-state index in [2.05, 4.69) is 4.98 Å². The van der Waals surface area contributed by atoms with Crippen LogP contribution in [0.5, 0.6) is 0 Å². The summed E-state index contributed by atoms with van der Waals surface area (Å²) < 4.78 is 0. The highest BCUT2D eigenvalue weighted by molar-refractivity contribution is 7.09. The second-order valence-electron chi connectivity index (χ2n) is 5.28. The standard InChI is InChI=1S/C14H20N2O3S/c1-9-8-20-12(15-9)4-3-5-13(17)16(11-6-7-11)10(2)14(18)19/h8,10-11H,3-7H2,1-2H3,(H,18,19). The lowest BCUT2D eigenvalue weighted by Crippen LogP contribution is -2.44. The third-order valence-corrected chi connectivity index (χ3v) is 4.48. The van der Waals surface area contributed by atoms with Crippen LogP contribution in [0.1, 0.15) is 43.3 Å². The van der Waals surface area contributed by atoms with Crippen LogP contribution in [-0.2, 0) is 16.0 Å². The van der Waals surface area contributed by atoms with E-state index in [9.17, 15) is 9.59 Å². The average Bonchev–Trinajstić information content (AvgIpc) is 3.12. The van der Waals surface area contributed by atoms with Crippen molar-refractivity contribution in [3.05, 3.63) is 16.1 Å². The summed E-state index contributed by atoms with van der Waals surface area (Å²) in [5.74, 6) is -0.975. The minimum atomic E-state index is -0.930. The van der Waals surface area contributed by atoms with Crippen LogP contribution in [0.25, 0.3) is 0 Å². The summed E-state index contributed by atoms with van der Waals surface area (Å²) in [7, 11) is 0. The smallest absolute Gasteiger partial charge is 0.326 e. The molecule has 0 saturated heterocycles. The molecule has 0 spiro atoms. The van der Waals surface area contributed by atoms with Crippen molar-refractivity contribution in [3.8, 4) is 0 Å². The van der Waals surface area contributed by atoms with Gasteiger partial charge in [-0.25, -0.2) is 9.78 Å². The van der Waals surface area contributed by atoms with Gasteiger partial charge in [0.2, 0.25) is 5.91 Å². The Morgan fingerprint density at radius 3 is 2.75 bits per heavy atom. The highest BCUT2D eigenvalue weighted by atomic mass is 32.1. The van der Waals surface area contributed by atoms with Gasteiger partial charge in [-0.15, -0.1) is 11.3 Å². The topological polar surface area (TPSA) is 70.5 Å². The molecule has 0 aromatic carbocycles. The molecule has 0 radical (unpaired) electrons. The van der Waals surface area contributed by atoms with Gasteiger partial charge in [0.1, 0.15) is 6.04 Å². The molecule has 1 N–H and O–H groups in total. The Bertz CT molecular complexity index is 496. The number of amides is 1. The van der Waals surface area contributed by atoms with E-state index in [1.807, 2.05) is 12.3 Å². The molecule has 0 bridgehead atoms. The molecule has 1 aromatic rings. The van der Waals surface area contributed by atoms with Crippen LogP contribution in [0.4, 0.5) is 0 Å². The molecule has 20 heavy (non-hydrogen) atoms. The molecule has 6 heteroatoms. The lowest BCUT2D eigenvalue weighted by molar-refractivity contribution is -0.150. The first-order valence-electron chi connectivity index (χ1n) is 6.94. The molecule has 2 rings (SSSR count). The van der Waals surface area contributed by atoms with Crippen molar-refractivity contribution < 1.29 is 14.7 Å². The Morgan fingerprint density at radius 2 is 2.25 bits per heavy atom. The van der Waals surface area contributed by atoms with Crippen LogP contribution >= 0.6 is 11.3 Å². The summed E-state index contributed by atoms with van der Waals surface area (Å²) in [6, 6.07) is -0.590. The van der Waals surface area contributed by atoms with E-state index in [-0.39, 0.29) is 11.9 Å². The Balaban J connectivity index is 1.84. The number of carbonyl (C=O) groups excluding carboxylic acids is 1. The number of carbonyl (C=O) groups is 2. The number of carboxylic acid groups (broad SMARTS) is 1. The summed E-state index contributed by atoms with van der Waals surface area (Å²) in [6.07, 6.45) is 3.75. The molecule has 1 aromatic heterocycles. The maximum Gasteiger partial charge on any atom is 0.326 e. The number of aromatic nitrogens is 1. The van der Waals surface area contributed by atoms with E-state index < -0.39 is 12.0 Å². The maximum absolute atomic E-state index is 12.2. The second-order valence-corrected chi connectivity index (χ2v) is 6.23. The average molecular weight is 296 g/mol. The molecule has 0 aliphatic heterocycles. The summed E-state index contributed by atoms with van der Waals surface area (Å²) >= 11 is 1.61. The van der Waals surface area contributed by atoms with Crippen LogP contribution in [-0.4, -0.2) is 39.0 Å². The molecule has 1 atom stereocenters. The molecule has 1 heterocycles. The molecule has 1 aliphatic carbocycles. The second kappa shape index (κ2) is 6.35. The van der Waals surface area contributed by atoms with Gasteiger partial charge in [-0.2, -0.15) is 0 Å². The number of aryl methyl sites for hydroxylation is 2. The monoisotopic (exact) mass is 296 g/mol. The highest BCUT2D eigenvalue weighted by Gasteiger charge is 2.37. The lowest BCUT2D eigenvalue weighted by atomic mass is 10.2. The number of thiazole rings is 1. The molecular formula is C14H20N2O3S. The number of carboxylic acids is 1. The Labute approximate surface area is 122 Å². The maximum atomic E-state index is 12.2. The summed E-state index contributed by atoms with van der Waals surface area (Å²) in [6.45, 7) is 3.54. The van der Waals surface area contributed by atoms with Crippen LogP contribution in [0.2, 0.25) is 0 Å². The molecule has 1 fully saturated rings. The molecule has 1 aliphatic rings. The molecule has 1 unspecified atom stereocenters. The van der Waals surface area contributed by atoms with Crippen molar-refractivity contribution in [2.24, 2.45) is 0 Å². The molecule has 110 valence electrons. The van der Waals surface area contributed by atoms with Gasteiger partial charge in [-0.05, 0) is 39.5 Å². The van der Waals surface area contributed by atoms with Crippen LogP contribution < -0.4 is 0 Å². The molecular weight excluding hydrogens is 276 g/mol. The van der Waals surface area contributed by atoms with Gasteiger partial charge >= 0.3 is 5.97 Å². The normalized spacial score (nSPS) is 15.9. The predicted octanol–water partition coefficient (Wildman–Crippen LogP) is 2.24. The number of nitrogens with zero attached hydrogens (tertiary/aromatic N) is 2. The van der Waals surface area contributed by atoms with Crippen LogP contribution in [0.3, 0.4) is 0 Å². The Kier molecular flexibility index (Phi) is 4.75. The zero-order valence-corrected chi connectivity index (χ0v) is 12.7. The summed E-state index contributed by atoms with van der Waals surface area (Å²) in [5, 5.41) is 12.1. The quantitative estimate of drug-likeness (QED) is 0.837. The Morgan fingerprint density at radius 1 is 1.55 bits per heavy atom. The van der Waals surface area contributed by atoms with Gasteiger partial charge in [0.05, 0.1) is 5.01 Å². The van der Waals surface area contributed by atoms with E-state index in [4.69, 9.17) is 5.11 Å². The van der Waals surface area contributed by atoms with Gasteiger partial charge < -0.3 is 10.0 Å². The van der Waals surface area contributed by atoms with E-state index in [1.54, 1.807) is 23.2 Å². The summed E-state index contributed by atoms with van der Waals surface area (Å²) in [5.41, 5.74) is 1.01. The van der Waals surface area contributed by atoms with Crippen molar-refractivity contribution in [2.75, 3.05) is 0 Å². The van der Waals surface area contributed by atoms with Gasteiger partial charge in [0.15, 0.2) is 0 Å². The van der Waals surface area contributed by atoms with Crippen molar-refractivity contribution in [1.82, 2.24) is 9.88 Å². The van der Waals surface area contributed by atoms with Crippen molar-refractivity contribution in [1.29, 1.82) is 0 Å². The first kappa shape index (κ1) is 15.0. The first-order chi connectivity index (χ1) is 9.49. The fourth-order valence-electron chi connectivity index (χ4n) is 2.25. The molecule has 1 saturated carbocycles. The fraction of sp³-hybridized carbons (Fsp3) is 0.643. The third-order valence-electron chi connectivity index (χ3n) is 3.45. The SMILES string of the molecule is Cc1csc(CCCC(=O)N(C2CC2)C(C)C(=O)O)n1. The zero-order valence-electron chi connectivity index (χ0n) is 11.8. The number of rotatable bonds is 7. The van der Waals surface area contributed by atoms with Gasteiger partial charge in [-0.3, -0.25) is 4.79 Å². The van der Waals surface area contributed by atoms with E-state index in [0.29, 0.717) is 6.42 Å². The zero-order chi connectivity index (χ0) is 14.7. The number of hydrogen-bond acceptors (Lipinski definition) is 4. The Hall–Kier alpha value is -1.43. The van der Waals surface area contributed by atoms with Crippen molar-refractivity contribution in [3.63, 3.8) is 0 Å². The first-order valence-corrected chi connectivity index (χ1v) is 7.82. The van der Waals surface area contributed by atoms with Gasteiger partial charge in [0.25, 0.3) is 0 Å². The van der Waals surface area contributed by atoms with Crippen LogP contribution in [0, 0.1) is 6.92 Å². The number of hydrogen-bond donors (Lipinski definition) is 1. The molecule has 1 amide bonds. The van der Waals surface area contributed by atoms with E-state index >= 15 is 0 Å². The molecule has 5 nitrogen and oxygen atoms in total. The van der Waals surface area contributed by atoms with Crippen molar-refractivity contribution in [2.45, 2.75) is 58.0 Å².